The molecule has 0 saturated heterocycles. The molecular formula is C15H29BrN4. The molecule has 4 nitrogen and oxygen atoms in total. The van der Waals surface area contributed by atoms with Crippen LogP contribution in [-0.4, -0.2) is 40.9 Å². The predicted molar refractivity (Wildman–Crippen MR) is 88.9 cm³/mol. The van der Waals surface area contributed by atoms with Crippen LogP contribution < -0.4 is 5.32 Å². The van der Waals surface area contributed by atoms with Gasteiger partial charge in [0.1, 0.15) is 0 Å². The largest absolute Gasteiger partial charge is 0.307 e. The molecule has 116 valence electrons. The number of nitrogens with one attached hydrogen (secondary N) is 1. The first-order valence-corrected chi connectivity index (χ1v) is 8.32. The van der Waals surface area contributed by atoms with Crippen LogP contribution in [0, 0.1) is 0 Å². The summed E-state index contributed by atoms with van der Waals surface area (Å²) < 4.78 is 3.07. The number of aryl methyl sites for hydroxylation is 1. The van der Waals surface area contributed by atoms with Crippen LogP contribution in [0.25, 0.3) is 0 Å². The molecule has 1 aromatic rings. The van der Waals surface area contributed by atoms with Crippen molar-refractivity contribution >= 4 is 15.9 Å². The molecule has 0 saturated carbocycles. The minimum Gasteiger partial charge on any atom is -0.307 e. The van der Waals surface area contributed by atoms with Crippen molar-refractivity contribution in [2.24, 2.45) is 7.05 Å². The van der Waals surface area contributed by atoms with Gasteiger partial charge in [0.05, 0.1) is 22.4 Å². The second kappa shape index (κ2) is 7.57. The molecule has 1 unspecified atom stereocenters. The highest BCUT2D eigenvalue weighted by atomic mass is 79.9. The molecule has 1 aromatic heterocycles. The molecule has 1 atom stereocenters. The molecule has 0 aliphatic carbocycles. The van der Waals surface area contributed by atoms with Gasteiger partial charge >= 0.3 is 0 Å². The third-order valence-corrected chi connectivity index (χ3v) is 5.07. The molecule has 0 aliphatic heterocycles. The number of nitrogens with zero attached hydrogens (tertiary/aromatic N) is 3. The first-order valence-electron chi connectivity index (χ1n) is 7.52. The second-order valence-corrected chi connectivity index (χ2v) is 6.45. The molecule has 1 heterocycles. The Labute approximate surface area is 132 Å². The van der Waals surface area contributed by atoms with Crippen molar-refractivity contribution in [3.63, 3.8) is 0 Å². The number of likely N-dealkylation sites (N-methyl/N-ethyl adjacent to an activating group) is 1. The second-order valence-electron chi connectivity index (χ2n) is 5.59. The van der Waals surface area contributed by atoms with E-state index >= 15 is 0 Å². The standard InChI is InChI=1S/C15H29BrN4/c1-7-10-17-14(13-12(16)11-18-20(13)6)15(8-2,9-3)19(4)5/h11,14,17H,7-10H2,1-6H3. The topological polar surface area (TPSA) is 33.1 Å². The fraction of sp³-hybridized carbons (Fsp3) is 0.800. The van der Waals surface area contributed by atoms with Gasteiger partial charge < -0.3 is 10.2 Å². The van der Waals surface area contributed by atoms with Gasteiger partial charge in [-0.25, -0.2) is 0 Å². The molecule has 0 radical (unpaired) electrons. The average molecular weight is 345 g/mol. The zero-order valence-electron chi connectivity index (χ0n) is 13.7. The smallest absolute Gasteiger partial charge is 0.0711 e. The van der Waals surface area contributed by atoms with E-state index in [0.29, 0.717) is 0 Å². The number of hydrogen-bond donors (Lipinski definition) is 1. The Balaban J connectivity index is 3.30. The third-order valence-electron chi connectivity index (χ3n) is 4.46. The van der Waals surface area contributed by atoms with Crippen LogP contribution in [0.2, 0.25) is 0 Å². The van der Waals surface area contributed by atoms with Gasteiger partial charge in [-0.05, 0) is 55.8 Å². The Hall–Kier alpha value is -0.390. The van der Waals surface area contributed by atoms with Crippen molar-refractivity contribution in [3.8, 4) is 0 Å². The molecule has 5 heteroatoms. The Bertz CT molecular complexity index is 391. The first-order chi connectivity index (χ1) is 9.44. The Kier molecular flexibility index (Phi) is 6.69. The number of halogens is 1. The van der Waals surface area contributed by atoms with Crippen molar-refractivity contribution in [1.82, 2.24) is 20.0 Å². The van der Waals surface area contributed by atoms with E-state index in [-0.39, 0.29) is 11.6 Å². The maximum absolute atomic E-state index is 4.40. The normalized spacial score (nSPS) is 14.0. The highest BCUT2D eigenvalue weighted by molar-refractivity contribution is 9.10. The van der Waals surface area contributed by atoms with E-state index in [4.69, 9.17) is 0 Å². The van der Waals surface area contributed by atoms with Crippen LogP contribution in [0.4, 0.5) is 0 Å². The zero-order chi connectivity index (χ0) is 15.3. The van der Waals surface area contributed by atoms with Gasteiger partial charge in [-0.1, -0.05) is 20.8 Å². The van der Waals surface area contributed by atoms with Crippen molar-refractivity contribution in [2.45, 2.75) is 51.6 Å². The molecule has 1 N–H and O–H groups in total. The quantitative estimate of drug-likeness (QED) is 0.784. The molecule has 0 spiro atoms. The van der Waals surface area contributed by atoms with E-state index in [1.807, 2.05) is 17.9 Å². The Morgan fingerprint density at radius 2 is 1.95 bits per heavy atom. The lowest BCUT2D eigenvalue weighted by Crippen LogP contribution is -2.53. The lowest BCUT2D eigenvalue weighted by atomic mass is 9.81. The van der Waals surface area contributed by atoms with E-state index < -0.39 is 0 Å². The highest BCUT2D eigenvalue weighted by Gasteiger charge is 2.40. The summed E-state index contributed by atoms with van der Waals surface area (Å²) in [4.78, 5) is 2.36. The monoisotopic (exact) mass is 344 g/mol. The lowest BCUT2D eigenvalue weighted by Gasteiger charge is -2.45. The summed E-state index contributed by atoms with van der Waals surface area (Å²) in [5.74, 6) is 0. The first kappa shape index (κ1) is 17.7. The van der Waals surface area contributed by atoms with Crippen molar-refractivity contribution in [1.29, 1.82) is 0 Å². The molecule has 0 aliphatic rings. The van der Waals surface area contributed by atoms with Crippen LogP contribution in [0.1, 0.15) is 51.8 Å². The third kappa shape index (κ3) is 3.26. The lowest BCUT2D eigenvalue weighted by molar-refractivity contribution is 0.0841. The summed E-state index contributed by atoms with van der Waals surface area (Å²) in [6, 6.07) is 0.259. The molecule has 20 heavy (non-hydrogen) atoms. The molecule has 0 aromatic carbocycles. The van der Waals surface area contributed by atoms with Gasteiger partial charge in [0, 0.05) is 12.6 Å². The Morgan fingerprint density at radius 3 is 2.30 bits per heavy atom. The zero-order valence-corrected chi connectivity index (χ0v) is 15.3. The van der Waals surface area contributed by atoms with E-state index in [2.05, 4.69) is 66.1 Å². The molecule has 0 bridgehead atoms. The van der Waals surface area contributed by atoms with E-state index in [1.54, 1.807) is 0 Å². The molecule has 1 rings (SSSR count). The van der Waals surface area contributed by atoms with Gasteiger partial charge in [0.25, 0.3) is 0 Å². The summed E-state index contributed by atoms with van der Waals surface area (Å²) in [5, 5.41) is 8.14. The maximum Gasteiger partial charge on any atom is 0.0711 e. The van der Waals surface area contributed by atoms with E-state index in [1.165, 1.54) is 5.69 Å². The molecule has 0 fully saturated rings. The molecule has 0 amide bonds. The fourth-order valence-corrected chi connectivity index (χ4v) is 3.70. The van der Waals surface area contributed by atoms with Crippen molar-refractivity contribution < 1.29 is 0 Å². The van der Waals surface area contributed by atoms with E-state index in [9.17, 15) is 0 Å². The number of rotatable bonds is 8. The summed E-state index contributed by atoms with van der Waals surface area (Å²) in [6.07, 6.45) is 5.20. The van der Waals surface area contributed by atoms with Crippen LogP contribution in [0.3, 0.4) is 0 Å². The fourth-order valence-electron chi connectivity index (χ4n) is 3.12. The van der Waals surface area contributed by atoms with Gasteiger partial charge in [-0.3, -0.25) is 4.68 Å². The summed E-state index contributed by atoms with van der Waals surface area (Å²) in [5.41, 5.74) is 1.32. The maximum atomic E-state index is 4.40. The predicted octanol–water partition coefficient (Wildman–Crippen LogP) is 3.34. The van der Waals surface area contributed by atoms with Crippen LogP contribution >= 0.6 is 15.9 Å². The minimum atomic E-state index is 0.0888. The van der Waals surface area contributed by atoms with Crippen LogP contribution in [0.15, 0.2) is 10.7 Å². The number of aromatic nitrogens is 2. The average Bonchev–Trinajstić information content (AvgIpc) is 2.74. The summed E-state index contributed by atoms with van der Waals surface area (Å²) in [7, 11) is 6.38. The van der Waals surface area contributed by atoms with Crippen LogP contribution in [0.5, 0.6) is 0 Å². The summed E-state index contributed by atoms with van der Waals surface area (Å²) >= 11 is 3.67. The Morgan fingerprint density at radius 1 is 1.35 bits per heavy atom. The minimum absolute atomic E-state index is 0.0888. The number of hydrogen-bond acceptors (Lipinski definition) is 3. The van der Waals surface area contributed by atoms with Crippen LogP contribution in [-0.2, 0) is 7.05 Å². The van der Waals surface area contributed by atoms with Gasteiger partial charge in [0.15, 0.2) is 0 Å². The summed E-state index contributed by atoms with van der Waals surface area (Å²) in [6.45, 7) is 7.76. The SMILES string of the molecule is CCCNC(c1c(Br)cnn1C)C(CC)(CC)N(C)C. The van der Waals surface area contributed by atoms with Gasteiger partial charge in [-0.15, -0.1) is 0 Å². The van der Waals surface area contributed by atoms with Gasteiger partial charge in [0.2, 0.25) is 0 Å². The van der Waals surface area contributed by atoms with Gasteiger partial charge in [-0.2, -0.15) is 5.10 Å². The molecular weight excluding hydrogens is 316 g/mol. The van der Waals surface area contributed by atoms with E-state index in [0.717, 1.165) is 30.3 Å². The highest BCUT2D eigenvalue weighted by Crippen LogP contribution is 2.38. The van der Waals surface area contributed by atoms with Crippen molar-refractivity contribution in [3.05, 3.63) is 16.4 Å². The van der Waals surface area contributed by atoms with Crippen molar-refractivity contribution in [2.75, 3.05) is 20.6 Å².